The largest absolute Gasteiger partial charge is 0.354 e. The van der Waals surface area contributed by atoms with Crippen molar-refractivity contribution in [2.75, 3.05) is 31.1 Å². The molecule has 2 N–H and O–H groups in total. The molecule has 1 saturated heterocycles. The van der Waals surface area contributed by atoms with Crippen LogP contribution in [0.3, 0.4) is 0 Å². The Bertz CT molecular complexity index is 526. The highest BCUT2D eigenvalue weighted by molar-refractivity contribution is 5.66. The van der Waals surface area contributed by atoms with Crippen LogP contribution in [-0.4, -0.2) is 36.4 Å². The molecule has 0 spiro atoms. The molecule has 94 valence electrons. The minimum Gasteiger partial charge on any atom is -0.354 e. The van der Waals surface area contributed by atoms with E-state index in [2.05, 4.69) is 57.7 Å². The molecule has 0 saturated carbocycles. The van der Waals surface area contributed by atoms with Crippen LogP contribution in [-0.2, 0) is 0 Å². The highest BCUT2D eigenvalue weighted by Gasteiger charge is 2.14. The van der Waals surface area contributed by atoms with Gasteiger partial charge in [0.05, 0.1) is 5.69 Å². The first kappa shape index (κ1) is 11.3. The summed E-state index contributed by atoms with van der Waals surface area (Å²) in [5, 5.41) is 10.9. The van der Waals surface area contributed by atoms with Crippen LogP contribution in [0, 0.1) is 6.92 Å². The van der Waals surface area contributed by atoms with Crippen molar-refractivity contribution in [3.05, 3.63) is 35.9 Å². The van der Waals surface area contributed by atoms with E-state index in [0.717, 1.165) is 37.7 Å². The van der Waals surface area contributed by atoms with Crippen molar-refractivity contribution in [2.24, 2.45) is 0 Å². The van der Waals surface area contributed by atoms with Crippen LogP contribution in [0.15, 0.2) is 30.3 Å². The summed E-state index contributed by atoms with van der Waals surface area (Å²) >= 11 is 0. The van der Waals surface area contributed by atoms with Crippen molar-refractivity contribution in [1.82, 2.24) is 15.5 Å². The van der Waals surface area contributed by atoms with Crippen molar-refractivity contribution >= 4 is 5.82 Å². The number of hydrogen-bond donors (Lipinski definition) is 2. The SMILES string of the molecule is Cc1ccccc1-c1cc(N2CCNCC2)[nH]n1. The summed E-state index contributed by atoms with van der Waals surface area (Å²) < 4.78 is 0. The molecule has 1 fully saturated rings. The van der Waals surface area contributed by atoms with Crippen LogP contribution in [0.2, 0.25) is 0 Å². The molecule has 2 heterocycles. The van der Waals surface area contributed by atoms with Gasteiger partial charge in [0.15, 0.2) is 0 Å². The maximum atomic E-state index is 4.44. The van der Waals surface area contributed by atoms with Crippen molar-refractivity contribution < 1.29 is 0 Å². The third-order valence-electron chi connectivity index (χ3n) is 3.44. The zero-order valence-electron chi connectivity index (χ0n) is 10.6. The molecule has 1 aliphatic heterocycles. The average Bonchev–Trinajstić information content (AvgIpc) is 2.90. The van der Waals surface area contributed by atoms with Crippen LogP contribution in [0.25, 0.3) is 11.3 Å². The molecular weight excluding hydrogens is 224 g/mol. The van der Waals surface area contributed by atoms with Crippen LogP contribution in [0.4, 0.5) is 5.82 Å². The minimum absolute atomic E-state index is 1.03. The predicted octanol–water partition coefficient (Wildman–Crippen LogP) is 1.79. The Morgan fingerprint density at radius 2 is 1.94 bits per heavy atom. The van der Waals surface area contributed by atoms with Gasteiger partial charge in [-0.3, -0.25) is 5.10 Å². The van der Waals surface area contributed by atoms with Crippen molar-refractivity contribution in [1.29, 1.82) is 0 Å². The lowest BCUT2D eigenvalue weighted by molar-refractivity contribution is 0.584. The Morgan fingerprint density at radius 3 is 2.72 bits per heavy atom. The Hall–Kier alpha value is -1.81. The molecule has 0 aliphatic carbocycles. The molecule has 0 bridgehead atoms. The molecule has 1 aromatic heterocycles. The maximum absolute atomic E-state index is 4.44. The van der Waals surface area contributed by atoms with E-state index < -0.39 is 0 Å². The fourth-order valence-corrected chi connectivity index (χ4v) is 2.38. The van der Waals surface area contributed by atoms with Crippen molar-refractivity contribution in [3.63, 3.8) is 0 Å². The first-order chi connectivity index (χ1) is 8.84. The maximum Gasteiger partial charge on any atom is 0.124 e. The second-order valence-electron chi connectivity index (χ2n) is 4.69. The van der Waals surface area contributed by atoms with E-state index >= 15 is 0 Å². The summed E-state index contributed by atoms with van der Waals surface area (Å²) in [6.07, 6.45) is 0. The second kappa shape index (κ2) is 4.82. The number of H-pyrrole nitrogens is 1. The lowest BCUT2D eigenvalue weighted by atomic mass is 10.1. The highest BCUT2D eigenvalue weighted by Crippen LogP contribution is 2.24. The number of nitrogens with one attached hydrogen (secondary N) is 2. The van der Waals surface area contributed by atoms with E-state index in [-0.39, 0.29) is 0 Å². The Balaban J connectivity index is 1.87. The normalized spacial score (nSPS) is 15.9. The highest BCUT2D eigenvalue weighted by atomic mass is 15.3. The second-order valence-corrected chi connectivity index (χ2v) is 4.69. The van der Waals surface area contributed by atoms with Crippen LogP contribution in [0.5, 0.6) is 0 Å². The molecule has 18 heavy (non-hydrogen) atoms. The van der Waals surface area contributed by atoms with E-state index in [9.17, 15) is 0 Å². The van der Waals surface area contributed by atoms with Gasteiger partial charge in [-0.2, -0.15) is 5.10 Å². The summed E-state index contributed by atoms with van der Waals surface area (Å²) in [6.45, 7) is 6.27. The number of rotatable bonds is 2. The fraction of sp³-hybridized carbons (Fsp3) is 0.357. The van der Waals surface area contributed by atoms with Gasteiger partial charge in [-0.15, -0.1) is 0 Å². The number of hydrogen-bond acceptors (Lipinski definition) is 3. The predicted molar refractivity (Wildman–Crippen MR) is 73.8 cm³/mol. The Labute approximate surface area is 107 Å². The summed E-state index contributed by atoms with van der Waals surface area (Å²) in [5.74, 6) is 1.12. The fourth-order valence-electron chi connectivity index (χ4n) is 2.38. The van der Waals surface area contributed by atoms with Gasteiger partial charge in [-0.05, 0) is 12.5 Å². The number of aromatic amines is 1. The molecular formula is C14H18N4. The summed E-state index contributed by atoms with van der Waals surface area (Å²) in [6, 6.07) is 10.5. The van der Waals surface area contributed by atoms with Crippen LogP contribution in [0.1, 0.15) is 5.56 Å². The van der Waals surface area contributed by atoms with Crippen LogP contribution < -0.4 is 10.2 Å². The van der Waals surface area contributed by atoms with E-state index in [0.29, 0.717) is 0 Å². The third kappa shape index (κ3) is 2.11. The molecule has 2 aromatic rings. The lowest BCUT2D eigenvalue weighted by Gasteiger charge is -2.27. The smallest absolute Gasteiger partial charge is 0.124 e. The zero-order chi connectivity index (χ0) is 12.4. The molecule has 1 aromatic carbocycles. The van der Waals surface area contributed by atoms with Gasteiger partial charge in [-0.1, -0.05) is 24.3 Å². The zero-order valence-corrected chi connectivity index (χ0v) is 10.6. The number of piperazine rings is 1. The van der Waals surface area contributed by atoms with Gasteiger partial charge >= 0.3 is 0 Å². The average molecular weight is 242 g/mol. The van der Waals surface area contributed by atoms with Crippen molar-refractivity contribution in [3.8, 4) is 11.3 Å². The standard InChI is InChI=1S/C14H18N4/c1-11-4-2-3-5-12(11)13-10-14(17-16-13)18-8-6-15-7-9-18/h2-5,10,15H,6-9H2,1H3,(H,16,17). The molecule has 0 unspecified atom stereocenters. The van der Waals surface area contributed by atoms with Crippen molar-refractivity contribution in [2.45, 2.75) is 6.92 Å². The molecule has 1 aliphatic rings. The summed E-state index contributed by atoms with van der Waals surface area (Å²) in [7, 11) is 0. The van der Waals surface area contributed by atoms with Gasteiger partial charge in [0, 0.05) is 37.8 Å². The molecule has 4 heteroatoms. The molecule has 0 amide bonds. The number of nitrogens with zero attached hydrogens (tertiary/aromatic N) is 2. The lowest BCUT2D eigenvalue weighted by Crippen LogP contribution is -2.43. The molecule has 3 rings (SSSR count). The molecule has 4 nitrogen and oxygen atoms in total. The van der Waals surface area contributed by atoms with Gasteiger partial charge in [-0.25, -0.2) is 0 Å². The minimum atomic E-state index is 1.03. The van der Waals surface area contributed by atoms with E-state index in [4.69, 9.17) is 0 Å². The first-order valence-electron chi connectivity index (χ1n) is 6.42. The number of benzene rings is 1. The van der Waals surface area contributed by atoms with Crippen LogP contribution >= 0.6 is 0 Å². The van der Waals surface area contributed by atoms with Gasteiger partial charge in [0.25, 0.3) is 0 Å². The van der Waals surface area contributed by atoms with E-state index in [1.54, 1.807) is 0 Å². The number of aromatic nitrogens is 2. The first-order valence-corrected chi connectivity index (χ1v) is 6.42. The van der Waals surface area contributed by atoms with Gasteiger partial charge in [0.2, 0.25) is 0 Å². The topological polar surface area (TPSA) is 44.0 Å². The summed E-state index contributed by atoms with van der Waals surface area (Å²) in [5.41, 5.74) is 3.49. The quantitative estimate of drug-likeness (QED) is 0.844. The summed E-state index contributed by atoms with van der Waals surface area (Å²) in [4.78, 5) is 2.34. The molecule has 0 radical (unpaired) electrons. The van der Waals surface area contributed by atoms with Gasteiger partial charge < -0.3 is 10.2 Å². The van der Waals surface area contributed by atoms with Gasteiger partial charge in [0.1, 0.15) is 5.82 Å². The Kier molecular flexibility index (Phi) is 3.02. The van der Waals surface area contributed by atoms with E-state index in [1.807, 2.05) is 0 Å². The number of aryl methyl sites for hydroxylation is 1. The van der Waals surface area contributed by atoms with E-state index in [1.165, 1.54) is 11.1 Å². The number of anilines is 1. The third-order valence-corrected chi connectivity index (χ3v) is 3.44. The molecule has 0 atom stereocenters. The Morgan fingerprint density at radius 1 is 1.17 bits per heavy atom. The monoisotopic (exact) mass is 242 g/mol.